The summed E-state index contributed by atoms with van der Waals surface area (Å²) in [5, 5.41) is 13.4. The molecule has 0 aliphatic rings. The van der Waals surface area contributed by atoms with Gasteiger partial charge in [0.15, 0.2) is 5.65 Å². The molecule has 5 aromatic rings. The number of carbonyl (C=O) groups is 1. The molecule has 0 radical (unpaired) electrons. The van der Waals surface area contributed by atoms with Crippen molar-refractivity contribution in [2.75, 3.05) is 6.54 Å². The van der Waals surface area contributed by atoms with E-state index in [1.54, 1.807) is 29.0 Å². The highest BCUT2D eigenvalue weighted by molar-refractivity contribution is 5.94. The fourth-order valence-corrected chi connectivity index (χ4v) is 4.03. The van der Waals surface area contributed by atoms with Crippen molar-refractivity contribution in [1.82, 2.24) is 29.9 Å². The minimum absolute atomic E-state index is 0.0657. The second kappa shape index (κ2) is 8.55. The molecule has 0 fully saturated rings. The Hall–Kier alpha value is -4.13. The minimum atomic E-state index is -0.0657. The molecule has 0 aliphatic heterocycles. The number of aromatic nitrogens is 5. The van der Waals surface area contributed by atoms with Gasteiger partial charge >= 0.3 is 0 Å². The number of hydrogen-bond donors (Lipinski definition) is 0. The number of tetrazole rings is 1. The van der Waals surface area contributed by atoms with Gasteiger partial charge in [-0.1, -0.05) is 48.5 Å². The van der Waals surface area contributed by atoms with Crippen molar-refractivity contribution in [3.63, 3.8) is 0 Å². The molecule has 158 valence electrons. The summed E-state index contributed by atoms with van der Waals surface area (Å²) in [4.78, 5) is 19.4. The van der Waals surface area contributed by atoms with Crippen molar-refractivity contribution in [1.29, 1.82) is 0 Å². The number of nitrogens with zero attached hydrogens (tertiary/aromatic N) is 6. The third kappa shape index (κ3) is 3.80. The fourth-order valence-electron chi connectivity index (χ4n) is 4.03. The molecule has 5 rings (SSSR count). The maximum absolute atomic E-state index is 13.4. The van der Waals surface area contributed by atoms with Crippen LogP contribution in [0.2, 0.25) is 0 Å². The number of benzene rings is 2. The Morgan fingerprint density at radius 3 is 2.72 bits per heavy atom. The summed E-state index contributed by atoms with van der Waals surface area (Å²) in [7, 11) is 0. The summed E-state index contributed by atoms with van der Waals surface area (Å²) in [5.41, 5.74) is 5.38. The van der Waals surface area contributed by atoms with Crippen LogP contribution in [0.25, 0.3) is 16.6 Å². The standard InChI is InChI=1S/C25H22N6O/c1-18-7-5-10-20-15-22(24-27-28-29-31(24)23(18)20)17-30(14-12-19-8-3-2-4-9-19)25(32)21-11-6-13-26-16-21/h2-11,13,15-16H,12,14,17H2,1H3. The number of aryl methyl sites for hydroxylation is 1. The van der Waals surface area contributed by atoms with Gasteiger partial charge in [-0.3, -0.25) is 9.78 Å². The van der Waals surface area contributed by atoms with Gasteiger partial charge in [0.05, 0.1) is 11.1 Å². The molecular formula is C25H22N6O. The molecule has 3 heterocycles. The molecule has 1 amide bonds. The van der Waals surface area contributed by atoms with Crippen LogP contribution in [0.4, 0.5) is 0 Å². The smallest absolute Gasteiger partial charge is 0.255 e. The van der Waals surface area contributed by atoms with Crippen molar-refractivity contribution in [3.8, 4) is 0 Å². The highest BCUT2D eigenvalue weighted by Crippen LogP contribution is 2.23. The molecular weight excluding hydrogens is 400 g/mol. The van der Waals surface area contributed by atoms with E-state index in [1.807, 2.05) is 48.2 Å². The van der Waals surface area contributed by atoms with Crippen molar-refractivity contribution < 1.29 is 4.79 Å². The highest BCUT2D eigenvalue weighted by atomic mass is 16.2. The van der Waals surface area contributed by atoms with Crippen LogP contribution in [-0.4, -0.2) is 42.4 Å². The van der Waals surface area contributed by atoms with E-state index >= 15 is 0 Å². The maximum atomic E-state index is 13.4. The SMILES string of the molecule is Cc1cccc2cc(CN(CCc3ccccc3)C(=O)c3cccnc3)c3nnnn3c12. The van der Waals surface area contributed by atoms with Crippen molar-refractivity contribution in [2.45, 2.75) is 19.9 Å². The van der Waals surface area contributed by atoms with E-state index in [2.05, 4.69) is 38.7 Å². The lowest BCUT2D eigenvalue weighted by Gasteiger charge is -2.23. The summed E-state index contributed by atoms with van der Waals surface area (Å²) in [5.74, 6) is -0.0657. The fraction of sp³-hybridized carbons (Fsp3) is 0.160. The average molecular weight is 422 g/mol. The average Bonchev–Trinajstić information content (AvgIpc) is 3.33. The summed E-state index contributed by atoms with van der Waals surface area (Å²) in [6.07, 6.45) is 4.03. The molecule has 7 heteroatoms. The normalized spacial score (nSPS) is 11.2. The molecule has 0 saturated carbocycles. The number of amides is 1. The van der Waals surface area contributed by atoms with Crippen LogP contribution in [0.1, 0.15) is 27.0 Å². The second-order valence-corrected chi connectivity index (χ2v) is 7.80. The summed E-state index contributed by atoms with van der Waals surface area (Å²) < 4.78 is 1.77. The second-order valence-electron chi connectivity index (χ2n) is 7.80. The molecule has 0 spiro atoms. The number of hydrogen-bond acceptors (Lipinski definition) is 5. The third-order valence-electron chi connectivity index (χ3n) is 5.64. The molecule has 0 atom stereocenters. The highest BCUT2D eigenvalue weighted by Gasteiger charge is 2.20. The monoisotopic (exact) mass is 422 g/mol. The van der Waals surface area contributed by atoms with Crippen LogP contribution < -0.4 is 0 Å². The number of para-hydroxylation sites is 1. The summed E-state index contributed by atoms with van der Waals surface area (Å²) >= 11 is 0. The predicted molar refractivity (Wildman–Crippen MR) is 122 cm³/mol. The number of rotatable bonds is 6. The maximum Gasteiger partial charge on any atom is 0.255 e. The van der Waals surface area contributed by atoms with E-state index < -0.39 is 0 Å². The quantitative estimate of drug-likeness (QED) is 0.415. The lowest BCUT2D eigenvalue weighted by molar-refractivity contribution is 0.0745. The largest absolute Gasteiger partial charge is 0.334 e. The van der Waals surface area contributed by atoms with Gasteiger partial charge in [-0.2, -0.15) is 4.52 Å². The zero-order valence-electron chi connectivity index (χ0n) is 17.7. The first kappa shape index (κ1) is 19.8. The van der Waals surface area contributed by atoms with Gasteiger partial charge in [-0.25, -0.2) is 0 Å². The van der Waals surface area contributed by atoms with Gasteiger partial charge in [0.25, 0.3) is 5.91 Å². The van der Waals surface area contributed by atoms with E-state index in [0.29, 0.717) is 24.3 Å². The lowest BCUT2D eigenvalue weighted by atomic mass is 10.1. The van der Waals surface area contributed by atoms with E-state index in [4.69, 9.17) is 0 Å². The Bertz CT molecular complexity index is 1380. The Balaban J connectivity index is 1.53. The summed E-state index contributed by atoms with van der Waals surface area (Å²) in [6, 6.07) is 21.9. The molecule has 0 saturated heterocycles. The number of pyridine rings is 2. The summed E-state index contributed by atoms with van der Waals surface area (Å²) in [6.45, 7) is 3.01. The van der Waals surface area contributed by atoms with Crippen molar-refractivity contribution >= 4 is 22.5 Å². The first-order valence-corrected chi connectivity index (χ1v) is 10.5. The van der Waals surface area contributed by atoms with Crippen LogP contribution in [0.5, 0.6) is 0 Å². The van der Waals surface area contributed by atoms with E-state index in [1.165, 1.54) is 5.56 Å². The van der Waals surface area contributed by atoms with Crippen LogP contribution >= 0.6 is 0 Å². The van der Waals surface area contributed by atoms with Gasteiger partial charge in [0.1, 0.15) is 0 Å². The molecule has 7 nitrogen and oxygen atoms in total. The zero-order valence-corrected chi connectivity index (χ0v) is 17.7. The van der Waals surface area contributed by atoms with Crippen LogP contribution in [-0.2, 0) is 13.0 Å². The molecule has 2 aromatic carbocycles. The molecule has 0 N–H and O–H groups in total. The Labute approximate surface area is 185 Å². The molecule has 32 heavy (non-hydrogen) atoms. The minimum Gasteiger partial charge on any atom is -0.334 e. The number of fused-ring (bicyclic) bond motifs is 3. The van der Waals surface area contributed by atoms with Gasteiger partial charge in [0.2, 0.25) is 0 Å². The van der Waals surface area contributed by atoms with E-state index in [-0.39, 0.29) is 5.91 Å². The van der Waals surface area contributed by atoms with Crippen LogP contribution in [0.3, 0.4) is 0 Å². The molecule has 0 bridgehead atoms. The van der Waals surface area contributed by atoms with Gasteiger partial charge in [-0.05, 0) is 53.1 Å². The zero-order chi connectivity index (χ0) is 21.9. The molecule has 3 aromatic heterocycles. The van der Waals surface area contributed by atoms with Gasteiger partial charge < -0.3 is 4.90 Å². The van der Waals surface area contributed by atoms with Crippen molar-refractivity contribution in [3.05, 3.63) is 101 Å². The van der Waals surface area contributed by atoms with Gasteiger partial charge in [-0.15, -0.1) is 5.10 Å². The topological polar surface area (TPSA) is 76.3 Å². The third-order valence-corrected chi connectivity index (χ3v) is 5.64. The molecule has 0 aliphatic carbocycles. The first-order chi connectivity index (χ1) is 15.7. The predicted octanol–water partition coefficient (Wildman–Crippen LogP) is 3.87. The number of carbonyl (C=O) groups excluding carboxylic acids is 1. The lowest BCUT2D eigenvalue weighted by Crippen LogP contribution is -2.32. The van der Waals surface area contributed by atoms with Crippen molar-refractivity contribution in [2.24, 2.45) is 0 Å². The van der Waals surface area contributed by atoms with E-state index in [9.17, 15) is 4.79 Å². The Morgan fingerprint density at radius 1 is 1.03 bits per heavy atom. The van der Waals surface area contributed by atoms with Crippen LogP contribution in [0.15, 0.2) is 79.1 Å². The molecule has 0 unspecified atom stereocenters. The van der Waals surface area contributed by atoms with Gasteiger partial charge in [0, 0.05) is 36.4 Å². The first-order valence-electron chi connectivity index (χ1n) is 10.5. The van der Waals surface area contributed by atoms with Crippen LogP contribution in [0, 0.1) is 6.92 Å². The van der Waals surface area contributed by atoms with E-state index in [0.717, 1.165) is 28.5 Å². The Kier molecular flexibility index (Phi) is 5.29. The Morgan fingerprint density at radius 2 is 1.91 bits per heavy atom.